The zero-order chi connectivity index (χ0) is 9.26. The Balaban J connectivity index is 2.24. The van der Waals surface area contributed by atoms with E-state index in [1.54, 1.807) is 17.2 Å². The number of nitrogens with zero attached hydrogens (tertiary/aromatic N) is 2. The van der Waals surface area contributed by atoms with Crippen molar-refractivity contribution in [1.29, 1.82) is 0 Å². The second kappa shape index (κ2) is 3.17. The molecule has 1 unspecified atom stereocenters. The lowest BCUT2D eigenvalue weighted by atomic mass is 10.1. The van der Waals surface area contributed by atoms with Gasteiger partial charge < -0.3 is 0 Å². The summed E-state index contributed by atoms with van der Waals surface area (Å²) in [5, 5.41) is 0. The highest BCUT2D eigenvalue weighted by Crippen LogP contribution is 2.22. The number of carbonyl (C=O) groups excluding carboxylic acids is 1. The molecule has 1 radical (unpaired) electrons. The first-order chi connectivity index (χ1) is 6.29. The molecule has 1 fully saturated rings. The van der Waals surface area contributed by atoms with Gasteiger partial charge in [-0.05, 0) is 18.6 Å². The Morgan fingerprint density at radius 1 is 1.69 bits per heavy atom. The molecule has 13 heavy (non-hydrogen) atoms. The Morgan fingerprint density at radius 3 is 3.08 bits per heavy atom. The summed E-state index contributed by atoms with van der Waals surface area (Å²) >= 11 is 0. The molecule has 0 spiro atoms. The lowest BCUT2D eigenvalue weighted by molar-refractivity contribution is -0.119. The Labute approximate surface area is 77.4 Å². The summed E-state index contributed by atoms with van der Waals surface area (Å²) in [5.74, 6) is 1.07. The molecule has 3 heteroatoms. The van der Waals surface area contributed by atoms with Crippen LogP contribution in [0, 0.1) is 12.0 Å². The molecule has 1 aromatic heterocycles. The van der Waals surface area contributed by atoms with Crippen molar-refractivity contribution in [3.63, 3.8) is 0 Å². The predicted octanol–water partition coefficient (Wildman–Crippen LogP) is 1.25. The highest BCUT2D eigenvalue weighted by molar-refractivity contribution is 5.95. The van der Waals surface area contributed by atoms with E-state index < -0.39 is 0 Å². The van der Waals surface area contributed by atoms with Crippen molar-refractivity contribution in [1.82, 2.24) is 4.98 Å². The molecule has 67 valence electrons. The fourth-order valence-electron chi connectivity index (χ4n) is 1.52. The summed E-state index contributed by atoms with van der Waals surface area (Å²) in [6.45, 7) is 2.74. The third kappa shape index (κ3) is 1.41. The zero-order valence-electron chi connectivity index (χ0n) is 7.53. The van der Waals surface area contributed by atoms with E-state index in [1.807, 2.05) is 13.0 Å². The zero-order valence-corrected chi connectivity index (χ0v) is 7.53. The summed E-state index contributed by atoms with van der Waals surface area (Å²) in [5.41, 5.74) is 0. The number of pyridine rings is 1. The molecule has 1 atom stereocenters. The molecule has 1 saturated heterocycles. The van der Waals surface area contributed by atoms with E-state index in [-0.39, 0.29) is 11.8 Å². The minimum Gasteiger partial charge on any atom is -0.297 e. The van der Waals surface area contributed by atoms with Crippen LogP contribution in [0.4, 0.5) is 5.82 Å². The van der Waals surface area contributed by atoms with Gasteiger partial charge in [0.2, 0.25) is 5.91 Å². The van der Waals surface area contributed by atoms with Gasteiger partial charge in [0.25, 0.3) is 0 Å². The third-order valence-electron chi connectivity index (χ3n) is 2.35. The molecule has 1 aromatic rings. The van der Waals surface area contributed by atoms with Gasteiger partial charge in [0.15, 0.2) is 0 Å². The van der Waals surface area contributed by atoms with Crippen LogP contribution in [0.15, 0.2) is 18.3 Å². The quantitative estimate of drug-likeness (QED) is 0.643. The van der Waals surface area contributed by atoms with E-state index in [0.717, 1.165) is 18.8 Å². The molecule has 0 saturated carbocycles. The van der Waals surface area contributed by atoms with Crippen molar-refractivity contribution < 1.29 is 4.79 Å². The smallest absolute Gasteiger partial charge is 0.231 e. The maximum Gasteiger partial charge on any atom is 0.231 e. The average Bonchev–Trinajstić information content (AvgIpc) is 2.49. The number of carbonyl (C=O) groups is 1. The van der Waals surface area contributed by atoms with E-state index in [2.05, 4.69) is 11.1 Å². The van der Waals surface area contributed by atoms with Gasteiger partial charge in [-0.2, -0.15) is 0 Å². The number of hydrogen-bond acceptors (Lipinski definition) is 2. The summed E-state index contributed by atoms with van der Waals surface area (Å²) < 4.78 is 0. The minimum absolute atomic E-state index is 0.144. The maximum atomic E-state index is 11.6. The van der Waals surface area contributed by atoms with Crippen LogP contribution in [0.1, 0.15) is 13.3 Å². The molecule has 2 rings (SSSR count). The molecular formula is C10H11N2O. The monoisotopic (exact) mass is 175 g/mol. The number of anilines is 1. The Morgan fingerprint density at radius 2 is 2.54 bits per heavy atom. The van der Waals surface area contributed by atoms with E-state index in [4.69, 9.17) is 0 Å². The molecule has 0 bridgehead atoms. The molecule has 0 N–H and O–H groups in total. The molecule has 0 aliphatic carbocycles. The first-order valence-electron chi connectivity index (χ1n) is 4.42. The van der Waals surface area contributed by atoms with Gasteiger partial charge >= 0.3 is 0 Å². The second-order valence-electron chi connectivity index (χ2n) is 3.30. The normalized spacial score (nSPS) is 22.4. The minimum atomic E-state index is 0.144. The third-order valence-corrected chi connectivity index (χ3v) is 2.35. The van der Waals surface area contributed by atoms with Crippen molar-refractivity contribution in [3.05, 3.63) is 24.4 Å². The van der Waals surface area contributed by atoms with Crippen molar-refractivity contribution in [2.24, 2.45) is 5.92 Å². The summed E-state index contributed by atoms with van der Waals surface area (Å²) in [4.78, 5) is 17.4. The summed E-state index contributed by atoms with van der Waals surface area (Å²) in [7, 11) is 0. The van der Waals surface area contributed by atoms with Gasteiger partial charge in [0.05, 0.1) is 0 Å². The number of hydrogen-bond donors (Lipinski definition) is 0. The highest BCUT2D eigenvalue weighted by atomic mass is 16.2. The highest BCUT2D eigenvalue weighted by Gasteiger charge is 2.29. The predicted molar refractivity (Wildman–Crippen MR) is 49.2 cm³/mol. The van der Waals surface area contributed by atoms with Crippen molar-refractivity contribution in [3.8, 4) is 0 Å². The van der Waals surface area contributed by atoms with Gasteiger partial charge in [0.1, 0.15) is 5.82 Å². The van der Waals surface area contributed by atoms with Crippen molar-refractivity contribution in [2.45, 2.75) is 13.3 Å². The Hall–Kier alpha value is -1.38. The first kappa shape index (κ1) is 8.23. The van der Waals surface area contributed by atoms with E-state index in [9.17, 15) is 4.79 Å². The number of rotatable bonds is 1. The van der Waals surface area contributed by atoms with Crippen LogP contribution in [0.3, 0.4) is 0 Å². The Kier molecular flexibility index (Phi) is 2.00. The molecule has 1 aliphatic heterocycles. The summed E-state index contributed by atoms with van der Waals surface area (Å²) in [6.07, 6.45) is 2.52. The molecule has 2 heterocycles. The largest absolute Gasteiger partial charge is 0.297 e. The topological polar surface area (TPSA) is 33.2 Å². The molecular weight excluding hydrogens is 164 g/mol. The van der Waals surface area contributed by atoms with Gasteiger partial charge in [-0.3, -0.25) is 9.69 Å². The fourth-order valence-corrected chi connectivity index (χ4v) is 1.52. The molecule has 0 aromatic carbocycles. The lowest BCUT2D eigenvalue weighted by Crippen LogP contribution is -2.26. The van der Waals surface area contributed by atoms with Gasteiger partial charge in [-0.1, -0.05) is 6.92 Å². The number of amides is 1. The van der Waals surface area contributed by atoms with Crippen LogP contribution in [0.2, 0.25) is 0 Å². The first-order valence-corrected chi connectivity index (χ1v) is 4.42. The van der Waals surface area contributed by atoms with Gasteiger partial charge in [-0.15, -0.1) is 0 Å². The fraction of sp³-hybridized carbons (Fsp3) is 0.400. The lowest BCUT2D eigenvalue weighted by Gasteiger charge is -2.13. The van der Waals surface area contributed by atoms with E-state index >= 15 is 0 Å². The van der Waals surface area contributed by atoms with Crippen molar-refractivity contribution >= 4 is 11.7 Å². The molecule has 1 amide bonds. The standard InChI is InChI=1S/C10H11N2O/c1-8-5-7-12(10(8)13)9-4-2-3-6-11-9/h2,4,6,8H,5,7H2,1H3. The van der Waals surface area contributed by atoms with E-state index in [0.29, 0.717) is 0 Å². The summed E-state index contributed by atoms with van der Waals surface area (Å²) in [6, 6.07) is 6.43. The van der Waals surface area contributed by atoms with Crippen LogP contribution in [-0.2, 0) is 4.79 Å². The SMILES string of the molecule is CC1CCN(c2cc[c]cn2)C1=O. The van der Waals surface area contributed by atoms with Crippen molar-refractivity contribution in [2.75, 3.05) is 11.4 Å². The average molecular weight is 175 g/mol. The van der Waals surface area contributed by atoms with E-state index in [1.165, 1.54) is 0 Å². The molecule has 1 aliphatic rings. The van der Waals surface area contributed by atoms with Crippen LogP contribution >= 0.6 is 0 Å². The van der Waals surface area contributed by atoms with Crippen LogP contribution in [0.5, 0.6) is 0 Å². The van der Waals surface area contributed by atoms with Crippen LogP contribution in [-0.4, -0.2) is 17.4 Å². The Bertz CT molecular complexity index is 310. The molecule has 3 nitrogen and oxygen atoms in total. The second-order valence-corrected chi connectivity index (χ2v) is 3.30. The van der Waals surface area contributed by atoms with Gasteiger partial charge in [0, 0.05) is 24.7 Å². The van der Waals surface area contributed by atoms with Gasteiger partial charge in [-0.25, -0.2) is 4.98 Å². The number of aromatic nitrogens is 1. The van der Waals surface area contributed by atoms with Crippen LogP contribution in [0.25, 0.3) is 0 Å². The van der Waals surface area contributed by atoms with Crippen LogP contribution < -0.4 is 4.90 Å². The maximum absolute atomic E-state index is 11.6.